The Kier molecular flexibility index (Phi) is 9.25. The van der Waals surface area contributed by atoms with Crippen LogP contribution in [0.15, 0.2) is 11.0 Å². The smallest absolute Gasteiger partial charge is 0.306 e. The number of aryl methyl sites for hydroxylation is 1. The first-order valence-electron chi connectivity index (χ1n) is 13.8. The minimum atomic E-state index is -0.699. The van der Waals surface area contributed by atoms with Gasteiger partial charge in [0.25, 0.3) is 0 Å². The topological polar surface area (TPSA) is 76.5 Å². The largest absolute Gasteiger partial charge is 0.458 e. The minimum Gasteiger partial charge on any atom is -0.458 e. The summed E-state index contributed by atoms with van der Waals surface area (Å²) in [4.78, 5) is 30.9. The zero-order chi connectivity index (χ0) is 26.8. The maximum Gasteiger partial charge on any atom is 0.306 e. The van der Waals surface area contributed by atoms with Crippen LogP contribution in [-0.4, -0.2) is 34.1 Å². The number of aliphatic hydroxyl groups excluding tert-OH is 1. The van der Waals surface area contributed by atoms with Gasteiger partial charge in [0.05, 0.1) is 16.8 Å². The van der Waals surface area contributed by atoms with E-state index in [0.29, 0.717) is 18.3 Å². The van der Waals surface area contributed by atoms with Crippen LogP contribution in [0.4, 0.5) is 0 Å². The number of rotatable bonds is 2. The molecular formula is C30H47NO4S. The van der Waals surface area contributed by atoms with E-state index < -0.39 is 17.4 Å². The average molecular weight is 518 g/mol. The lowest BCUT2D eigenvalue weighted by atomic mass is 9.52. The number of hydrogen-bond acceptors (Lipinski definition) is 6. The van der Waals surface area contributed by atoms with Crippen LogP contribution in [0.5, 0.6) is 0 Å². The van der Waals surface area contributed by atoms with E-state index in [9.17, 15) is 14.7 Å². The Morgan fingerprint density at radius 2 is 1.89 bits per heavy atom. The Bertz CT molecular complexity index is 966. The molecule has 3 heterocycles. The fraction of sp³-hybridized carbons (Fsp3) is 0.767. The Balaban J connectivity index is 1.84. The van der Waals surface area contributed by atoms with Crippen LogP contribution in [0.3, 0.4) is 0 Å². The van der Waals surface area contributed by atoms with Crippen molar-refractivity contribution in [1.29, 1.82) is 0 Å². The lowest BCUT2D eigenvalue weighted by Gasteiger charge is -2.53. The molecule has 0 radical (unpaired) electrons. The fourth-order valence-corrected chi connectivity index (χ4v) is 6.95. The number of carbonyl (C=O) groups excluding carboxylic acids is 2. The zero-order valence-electron chi connectivity index (χ0n) is 23.6. The summed E-state index contributed by atoms with van der Waals surface area (Å²) in [6.45, 7) is 16.4. The molecule has 1 N–H and O–H groups in total. The molecule has 0 spiro atoms. The summed E-state index contributed by atoms with van der Waals surface area (Å²) in [5.74, 6) is 0.427. The van der Waals surface area contributed by atoms with Crippen LogP contribution < -0.4 is 0 Å². The zero-order valence-corrected chi connectivity index (χ0v) is 24.4. The van der Waals surface area contributed by atoms with E-state index in [0.717, 1.165) is 48.4 Å². The number of aliphatic hydroxyl groups is 1. The van der Waals surface area contributed by atoms with Crippen molar-refractivity contribution in [3.63, 3.8) is 0 Å². The van der Waals surface area contributed by atoms with Crippen LogP contribution in [0.1, 0.15) is 104 Å². The average Bonchev–Trinajstić information content (AvgIpc) is 3.23. The first kappa shape index (κ1) is 29.0. The highest BCUT2D eigenvalue weighted by atomic mass is 32.1. The van der Waals surface area contributed by atoms with Crippen molar-refractivity contribution in [3.05, 3.63) is 21.7 Å². The molecule has 2 bridgehead atoms. The van der Waals surface area contributed by atoms with E-state index in [-0.39, 0.29) is 35.6 Å². The lowest BCUT2D eigenvalue weighted by Crippen LogP contribution is -2.46. The lowest BCUT2D eigenvalue weighted by molar-refractivity contribution is -0.151. The number of thiazole rings is 1. The van der Waals surface area contributed by atoms with Crippen LogP contribution in [-0.2, 0) is 14.3 Å². The highest BCUT2D eigenvalue weighted by molar-refractivity contribution is 7.09. The number of ketones is 1. The number of fused-ring (bicyclic) bond motifs is 13. The Labute approximate surface area is 222 Å². The van der Waals surface area contributed by atoms with Gasteiger partial charge in [0.1, 0.15) is 11.9 Å². The molecule has 4 rings (SSSR count). The minimum absolute atomic E-state index is 0.0216. The van der Waals surface area contributed by atoms with Gasteiger partial charge in [-0.1, -0.05) is 48.0 Å². The van der Waals surface area contributed by atoms with Crippen molar-refractivity contribution in [1.82, 2.24) is 4.98 Å². The molecule has 1 aliphatic carbocycles. The highest BCUT2D eigenvalue weighted by Crippen LogP contribution is 2.56. The van der Waals surface area contributed by atoms with Crippen LogP contribution in [0, 0.1) is 41.4 Å². The van der Waals surface area contributed by atoms with Gasteiger partial charge in [-0.05, 0) is 80.8 Å². The van der Waals surface area contributed by atoms with E-state index in [1.54, 1.807) is 11.3 Å². The number of esters is 1. The molecule has 6 unspecified atom stereocenters. The molecule has 6 heteroatoms. The van der Waals surface area contributed by atoms with Crippen LogP contribution >= 0.6 is 11.3 Å². The van der Waals surface area contributed by atoms with Gasteiger partial charge in [0.15, 0.2) is 0 Å². The van der Waals surface area contributed by atoms with E-state index in [1.807, 2.05) is 46.1 Å². The van der Waals surface area contributed by atoms with Crippen LogP contribution in [0.2, 0.25) is 0 Å². The Hall–Kier alpha value is -1.53. The summed E-state index contributed by atoms with van der Waals surface area (Å²) in [6, 6.07) is 0. The number of Topliss-reactive ketones (excluding diaryl/α,β-unsaturated/α-hetero) is 1. The molecule has 1 saturated carbocycles. The monoisotopic (exact) mass is 517 g/mol. The van der Waals surface area contributed by atoms with Crippen molar-refractivity contribution in [2.24, 2.45) is 34.5 Å². The molecule has 3 aliphatic rings. The number of nitrogens with zero attached hydrogens (tertiary/aromatic N) is 1. The second kappa shape index (κ2) is 11.5. The summed E-state index contributed by atoms with van der Waals surface area (Å²) >= 11 is 1.62. The molecular weight excluding hydrogens is 470 g/mol. The molecule has 0 amide bonds. The number of hydrogen-bond donors (Lipinski definition) is 1. The van der Waals surface area contributed by atoms with E-state index >= 15 is 0 Å². The van der Waals surface area contributed by atoms with Crippen molar-refractivity contribution in [2.75, 3.05) is 0 Å². The first-order valence-corrected chi connectivity index (χ1v) is 14.6. The fourth-order valence-electron chi connectivity index (χ4n) is 6.38. The second-order valence-corrected chi connectivity index (χ2v) is 13.8. The van der Waals surface area contributed by atoms with E-state index in [1.165, 1.54) is 0 Å². The predicted octanol–water partition coefficient (Wildman–Crippen LogP) is 7.01. The highest BCUT2D eigenvalue weighted by Gasteiger charge is 2.48. The van der Waals surface area contributed by atoms with Crippen molar-refractivity contribution in [2.45, 2.75) is 113 Å². The molecule has 2 saturated heterocycles. The third-order valence-electron chi connectivity index (χ3n) is 9.38. The third kappa shape index (κ3) is 6.66. The third-order valence-corrected chi connectivity index (χ3v) is 10.2. The molecule has 3 fully saturated rings. The van der Waals surface area contributed by atoms with Gasteiger partial charge >= 0.3 is 5.97 Å². The van der Waals surface area contributed by atoms with Gasteiger partial charge in [-0.2, -0.15) is 0 Å². The van der Waals surface area contributed by atoms with Gasteiger partial charge in [0, 0.05) is 23.1 Å². The summed E-state index contributed by atoms with van der Waals surface area (Å²) in [7, 11) is 0. The second-order valence-electron chi connectivity index (χ2n) is 12.7. The number of carbonyl (C=O) groups is 2. The SMILES string of the molecule is C/C(=C\c1csc(C)n1)C1CC2C[C@@](C)(CCCC(C)C(O)C(C)C(=O)C(C)(C)CCC(=O)O1)C2C. The van der Waals surface area contributed by atoms with Crippen LogP contribution in [0.25, 0.3) is 6.08 Å². The summed E-state index contributed by atoms with van der Waals surface area (Å²) in [6.07, 6.45) is 6.74. The van der Waals surface area contributed by atoms with Gasteiger partial charge in [-0.15, -0.1) is 11.3 Å². The normalized spacial score (nSPS) is 37.1. The van der Waals surface area contributed by atoms with Gasteiger partial charge in [-0.25, -0.2) is 4.98 Å². The number of ether oxygens (including phenoxy) is 1. The molecule has 202 valence electrons. The molecule has 5 nitrogen and oxygen atoms in total. The Morgan fingerprint density at radius 1 is 1.19 bits per heavy atom. The number of aromatic nitrogens is 1. The summed E-state index contributed by atoms with van der Waals surface area (Å²) in [5, 5.41) is 14.0. The van der Waals surface area contributed by atoms with Gasteiger partial charge in [-0.3, -0.25) is 9.59 Å². The molecule has 2 aliphatic heterocycles. The maximum atomic E-state index is 13.3. The first-order chi connectivity index (χ1) is 16.7. The summed E-state index contributed by atoms with van der Waals surface area (Å²) in [5.41, 5.74) is 1.50. The van der Waals surface area contributed by atoms with E-state index in [4.69, 9.17) is 4.74 Å². The van der Waals surface area contributed by atoms with Crippen molar-refractivity contribution < 1.29 is 19.4 Å². The van der Waals surface area contributed by atoms with Gasteiger partial charge < -0.3 is 9.84 Å². The molecule has 0 aromatic carbocycles. The van der Waals surface area contributed by atoms with E-state index in [2.05, 4.69) is 25.8 Å². The quantitative estimate of drug-likeness (QED) is 0.427. The van der Waals surface area contributed by atoms with Crippen molar-refractivity contribution >= 4 is 29.2 Å². The molecule has 36 heavy (non-hydrogen) atoms. The Morgan fingerprint density at radius 3 is 2.50 bits per heavy atom. The molecule has 7 atom stereocenters. The van der Waals surface area contributed by atoms with Gasteiger partial charge in [0.2, 0.25) is 0 Å². The van der Waals surface area contributed by atoms with Crippen molar-refractivity contribution in [3.8, 4) is 0 Å². The molecule has 1 aromatic heterocycles. The standard InChI is InChI=1S/C30H47NO4S/c1-18-10-9-12-30(8)16-23(21(30)4)15-25(19(2)14-24-17-36-22(5)31-24)35-26(32)11-13-29(6,7)28(34)20(3)27(18)33/h14,17-18,20-21,23,25,27,33H,9-13,15-16H2,1-8H3/b19-14+/t18?,20?,21?,23?,25?,27?,30-/m1/s1. The summed E-state index contributed by atoms with van der Waals surface area (Å²) < 4.78 is 6.09. The predicted molar refractivity (Wildman–Crippen MR) is 147 cm³/mol. The molecule has 1 aromatic rings. The maximum absolute atomic E-state index is 13.3.